The molecule has 4 unspecified atom stereocenters. The quantitative estimate of drug-likeness (QED) is 0.516. The number of hydrogen-bond donors (Lipinski definition) is 4. The van der Waals surface area contributed by atoms with Crippen LogP contribution in [0.1, 0.15) is 6.23 Å². The van der Waals surface area contributed by atoms with E-state index in [1.807, 2.05) is 0 Å². The Morgan fingerprint density at radius 3 is 2.81 bits per heavy atom. The highest BCUT2D eigenvalue weighted by atomic mass is 16.6. The lowest BCUT2D eigenvalue weighted by atomic mass is 10.1. The molecule has 0 spiro atoms. The maximum atomic E-state index is 10.3. The highest BCUT2D eigenvalue weighted by Crippen LogP contribution is 2.33. The van der Waals surface area contributed by atoms with Crippen molar-refractivity contribution in [3.8, 4) is 0 Å². The molecule has 0 amide bonds. The molecule has 0 saturated carbocycles. The van der Waals surface area contributed by atoms with Gasteiger partial charge in [0.2, 0.25) is 5.95 Å². The Kier molecular flexibility index (Phi) is 3.37. The first-order valence-corrected chi connectivity index (χ1v) is 6.29. The number of hydrogen-bond acceptors (Lipinski definition) is 9. The van der Waals surface area contributed by atoms with Gasteiger partial charge in [-0.1, -0.05) is 0 Å². The number of rotatable bonds is 3. The van der Waals surface area contributed by atoms with Crippen molar-refractivity contribution in [3.05, 3.63) is 6.33 Å². The van der Waals surface area contributed by atoms with Crippen molar-refractivity contribution < 1.29 is 19.7 Å². The predicted molar refractivity (Wildman–Crippen MR) is 71.9 cm³/mol. The summed E-state index contributed by atoms with van der Waals surface area (Å²) in [6.07, 6.45) is -1.69. The monoisotopic (exact) mass is 296 g/mol. The number of nitrogens with zero attached hydrogens (tertiary/aromatic N) is 4. The summed E-state index contributed by atoms with van der Waals surface area (Å²) < 4.78 is 12.3. The molecule has 10 nitrogen and oxygen atoms in total. The molecule has 10 heteroatoms. The largest absolute Gasteiger partial charge is 0.394 e. The summed E-state index contributed by atoms with van der Waals surface area (Å²) in [6, 6.07) is 0. The van der Waals surface area contributed by atoms with E-state index in [0.717, 1.165) is 0 Å². The molecule has 0 aliphatic carbocycles. The first-order valence-electron chi connectivity index (χ1n) is 6.29. The normalized spacial score (nSPS) is 29.3. The smallest absolute Gasteiger partial charge is 0.224 e. The van der Waals surface area contributed by atoms with E-state index >= 15 is 0 Å². The van der Waals surface area contributed by atoms with Gasteiger partial charge >= 0.3 is 0 Å². The van der Waals surface area contributed by atoms with Gasteiger partial charge in [0.25, 0.3) is 0 Å². The van der Waals surface area contributed by atoms with Crippen LogP contribution in [-0.2, 0) is 9.47 Å². The molecule has 2 aromatic heterocycles. The van der Waals surface area contributed by atoms with Crippen LogP contribution in [0.25, 0.3) is 11.2 Å². The zero-order valence-electron chi connectivity index (χ0n) is 11.2. The number of fused-ring (bicyclic) bond motifs is 1. The molecular weight excluding hydrogens is 280 g/mol. The lowest BCUT2D eigenvalue weighted by Gasteiger charge is -2.17. The zero-order chi connectivity index (χ0) is 15.1. The third-order valence-corrected chi connectivity index (χ3v) is 3.50. The van der Waals surface area contributed by atoms with Gasteiger partial charge in [0, 0.05) is 7.11 Å². The Balaban J connectivity index is 2.05. The molecule has 0 bridgehead atoms. The summed E-state index contributed by atoms with van der Waals surface area (Å²) in [5.74, 6) is 0.141. The summed E-state index contributed by atoms with van der Waals surface area (Å²) in [7, 11) is 1.44. The number of nitrogen functional groups attached to an aromatic ring is 2. The van der Waals surface area contributed by atoms with Crippen LogP contribution in [0.3, 0.4) is 0 Å². The molecule has 3 rings (SSSR count). The maximum Gasteiger partial charge on any atom is 0.224 e. The highest BCUT2D eigenvalue weighted by molar-refractivity contribution is 5.82. The maximum absolute atomic E-state index is 10.3. The molecule has 114 valence electrons. The molecule has 21 heavy (non-hydrogen) atoms. The van der Waals surface area contributed by atoms with Gasteiger partial charge in [0.15, 0.2) is 17.7 Å². The van der Waals surface area contributed by atoms with Gasteiger partial charge in [0.1, 0.15) is 23.8 Å². The Morgan fingerprint density at radius 1 is 1.43 bits per heavy atom. The van der Waals surface area contributed by atoms with Gasteiger partial charge in [-0.05, 0) is 0 Å². The molecule has 1 aliphatic heterocycles. The first-order chi connectivity index (χ1) is 10.1. The number of anilines is 2. The van der Waals surface area contributed by atoms with E-state index in [4.69, 9.17) is 20.9 Å². The fourth-order valence-corrected chi connectivity index (χ4v) is 2.53. The molecular formula is C11H16N6O4. The van der Waals surface area contributed by atoms with Crippen molar-refractivity contribution in [1.29, 1.82) is 0 Å². The Morgan fingerprint density at radius 2 is 2.19 bits per heavy atom. The Labute approximate surface area is 119 Å². The fraction of sp³-hybridized carbons (Fsp3) is 0.545. The van der Waals surface area contributed by atoms with E-state index in [0.29, 0.717) is 11.2 Å². The van der Waals surface area contributed by atoms with E-state index in [1.54, 1.807) is 0 Å². The number of ether oxygens (including phenoxy) is 2. The SMILES string of the molecule is COC1C(CO)OC(n2cnc3c(N)nc(N)nc32)C1O. The molecule has 6 N–H and O–H groups in total. The number of nitrogens with two attached hydrogens (primary N) is 2. The average molecular weight is 296 g/mol. The molecule has 0 radical (unpaired) electrons. The van der Waals surface area contributed by atoms with Crippen LogP contribution in [-0.4, -0.2) is 61.8 Å². The zero-order valence-corrected chi connectivity index (χ0v) is 11.2. The number of methoxy groups -OCH3 is 1. The summed E-state index contributed by atoms with van der Waals surface area (Å²) in [5, 5.41) is 19.6. The third kappa shape index (κ3) is 2.08. The van der Waals surface area contributed by atoms with Gasteiger partial charge < -0.3 is 31.2 Å². The number of aromatic nitrogens is 4. The molecule has 1 fully saturated rings. The van der Waals surface area contributed by atoms with Crippen LogP contribution >= 0.6 is 0 Å². The third-order valence-electron chi connectivity index (χ3n) is 3.50. The summed E-state index contributed by atoms with van der Waals surface area (Å²) in [6.45, 7) is -0.280. The van der Waals surface area contributed by atoms with Crippen LogP contribution in [0.4, 0.5) is 11.8 Å². The molecule has 3 heterocycles. The molecule has 0 aromatic carbocycles. The van der Waals surface area contributed by atoms with Gasteiger partial charge in [-0.15, -0.1) is 0 Å². The Bertz CT molecular complexity index is 661. The van der Waals surface area contributed by atoms with Crippen molar-refractivity contribution >= 4 is 22.9 Å². The highest BCUT2D eigenvalue weighted by Gasteiger charge is 2.45. The van der Waals surface area contributed by atoms with Gasteiger partial charge in [-0.25, -0.2) is 4.98 Å². The summed E-state index contributed by atoms with van der Waals surface area (Å²) in [5.41, 5.74) is 12.0. The number of aliphatic hydroxyl groups excluding tert-OH is 2. The van der Waals surface area contributed by atoms with Crippen molar-refractivity contribution in [2.75, 3.05) is 25.2 Å². The lowest BCUT2D eigenvalue weighted by molar-refractivity contribution is -0.0535. The average Bonchev–Trinajstić information content (AvgIpc) is 2.99. The first kappa shape index (κ1) is 13.9. The fourth-order valence-electron chi connectivity index (χ4n) is 2.53. The Hall–Kier alpha value is -2.01. The number of imidazole rings is 1. The predicted octanol–water partition coefficient (Wildman–Crippen LogP) is -1.74. The van der Waals surface area contributed by atoms with E-state index in [2.05, 4.69) is 15.0 Å². The van der Waals surface area contributed by atoms with Crippen molar-refractivity contribution in [3.63, 3.8) is 0 Å². The van der Waals surface area contributed by atoms with E-state index in [1.165, 1.54) is 18.0 Å². The van der Waals surface area contributed by atoms with E-state index < -0.39 is 24.5 Å². The van der Waals surface area contributed by atoms with Crippen LogP contribution in [0, 0.1) is 0 Å². The lowest BCUT2D eigenvalue weighted by Crippen LogP contribution is -2.35. The summed E-state index contributed by atoms with van der Waals surface area (Å²) in [4.78, 5) is 12.0. The van der Waals surface area contributed by atoms with Crippen molar-refractivity contribution in [2.24, 2.45) is 0 Å². The second-order valence-corrected chi connectivity index (χ2v) is 4.73. The second-order valence-electron chi connectivity index (χ2n) is 4.73. The minimum atomic E-state index is -0.998. The van der Waals surface area contributed by atoms with Crippen molar-refractivity contribution in [2.45, 2.75) is 24.5 Å². The minimum absolute atomic E-state index is 0.00348. The van der Waals surface area contributed by atoms with E-state index in [9.17, 15) is 10.2 Å². The van der Waals surface area contributed by atoms with E-state index in [-0.39, 0.29) is 18.4 Å². The second kappa shape index (κ2) is 5.07. The van der Waals surface area contributed by atoms with Gasteiger partial charge in [-0.3, -0.25) is 4.57 Å². The van der Waals surface area contributed by atoms with Crippen LogP contribution in [0.2, 0.25) is 0 Å². The van der Waals surface area contributed by atoms with Crippen molar-refractivity contribution in [1.82, 2.24) is 19.5 Å². The van der Waals surface area contributed by atoms with Crippen LogP contribution < -0.4 is 11.5 Å². The van der Waals surface area contributed by atoms with Crippen LogP contribution in [0.5, 0.6) is 0 Å². The summed E-state index contributed by atoms with van der Waals surface area (Å²) >= 11 is 0. The topological polar surface area (TPSA) is 155 Å². The minimum Gasteiger partial charge on any atom is -0.394 e. The standard InChI is InChI=1S/C11H16N6O4/c1-20-7-4(2-18)21-10(6(7)19)17-3-14-5-8(12)15-11(13)16-9(5)17/h3-4,6-7,10,18-19H,2H2,1H3,(H4,12,13,15,16). The van der Waals surface area contributed by atoms with Gasteiger partial charge in [0.05, 0.1) is 12.9 Å². The molecule has 1 saturated heterocycles. The molecule has 2 aromatic rings. The number of aliphatic hydroxyl groups is 2. The molecule has 1 aliphatic rings. The van der Waals surface area contributed by atoms with Crippen LogP contribution in [0.15, 0.2) is 6.33 Å². The molecule has 4 atom stereocenters. The van der Waals surface area contributed by atoms with Gasteiger partial charge in [-0.2, -0.15) is 9.97 Å².